The number of ether oxygens (including phenoxy) is 1. The first-order chi connectivity index (χ1) is 14.5. The number of hydrogen-bond donors (Lipinski definition) is 0. The maximum absolute atomic E-state index is 13.3. The average Bonchev–Trinajstić information content (AvgIpc) is 3.20. The zero-order chi connectivity index (χ0) is 21.1. The van der Waals surface area contributed by atoms with Crippen LogP contribution in [-0.2, 0) is 6.54 Å². The van der Waals surface area contributed by atoms with Crippen molar-refractivity contribution < 1.29 is 14.5 Å². The number of fused-ring (bicyclic) bond motifs is 1. The molecule has 8 nitrogen and oxygen atoms in total. The van der Waals surface area contributed by atoms with Crippen LogP contribution in [0.25, 0.3) is 10.2 Å². The molecule has 2 aromatic carbocycles. The van der Waals surface area contributed by atoms with Gasteiger partial charge in [0.1, 0.15) is 5.75 Å². The molecule has 150 valence electrons. The Balaban J connectivity index is 1.74. The van der Waals surface area contributed by atoms with E-state index in [0.717, 1.165) is 15.8 Å². The topological polar surface area (TPSA) is 98.5 Å². The summed E-state index contributed by atoms with van der Waals surface area (Å²) < 4.78 is 6.17. The summed E-state index contributed by atoms with van der Waals surface area (Å²) in [7, 11) is 1.58. The standard InChI is InChI=1S/C21H16N4O4S/c1-29-17-8-9-19-18(11-17)23-21(30-19)24(13-14-3-2-10-22-12-14)20(26)15-4-6-16(7-5-15)25(27)28/h2-12H,13H2,1H3. The number of nitro groups is 1. The van der Waals surface area contributed by atoms with Crippen LogP contribution in [0, 0.1) is 10.1 Å². The molecule has 9 heteroatoms. The van der Waals surface area contributed by atoms with Gasteiger partial charge in [0, 0.05) is 36.2 Å². The molecule has 0 aliphatic carbocycles. The number of hydrogen-bond acceptors (Lipinski definition) is 7. The lowest BCUT2D eigenvalue weighted by Crippen LogP contribution is -2.30. The lowest BCUT2D eigenvalue weighted by molar-refractivity contribution is -0.384. The van der Waals surface area contributed by atoms with Crippen LogP contribution in [0.15, 0.2) is 67.0 Å². The number of carbonyl (C=O) groups is 1. The number of anilines is 1. The average molecular weight is 420 g/mol. The number of thiazole rings is 1. The zero-order valence-electron chi connectivity index (χ0n) is 15.9. The molecule has 0 fully saturated rings. The molecule has 0 bridgehead atoms. The van der Waals surface area contributed by atoms with E-state index < -0.39 is 4.92 Å². The summed E-state index contributed by atoms with van der Waals surface area (Å²) >= 11 is 1.38. The van der Waals surface area contributed by atoms with Crippen molar-refractivity contribution in [2.45, 2.75) is 6.54 Å². The van der Waals surface area contributed by atoms with E-state index in [1.807, 2.05) is 24.3 Å². The fraction of sp³-hybridized carbons (Fsp3) is 0.0952. The summed E-state index contributed by atoms with van der Waals surface area (Å²) in [6.45, 7) is 0.265. The molecule has 0 unspecified atom stereocenters. The highest BCUT2D eigenvalue weighted by Gasteiger charge is 2.22. The molecule has 2 aromatic heterocycles. The summed E-state index contributed by atoms with van der Waals surface area (Å²) in [4.78, 5) is 34.0. The molecule has 0 saturated carbocycles. The van der Waals surface area contributed by atoms with Crippen LogP contribution in [0.3, 0.4) is 0 Å². The second kappa shape index (κ2) is 8.26. The minimum atomic E-state index is -0.497. The van der Waals surface area contributed by atoms with E-state index in [1.54, 1.807) is 30.5 Å². The van der Waals surface area contributed by atoms with Crippen LogP contribution in [0.2, 0.25) is 0 Å². The molecule has 0 aliphatic heterocycles. The lowest BCUT2D eigenvalue weighted by Gasteiger charge is -2.20. The van der Waals surface area contributed by atoms with Gasteiger partial charge in [0.2, 0.25) is 0 Å². The quantitative estimate of drug-likeness (QED) is 0.337. The molecule has 1 amide bonds. The van der Waals surface area contributed by atoms with Gasteiger partial charge >= 0.3 is 0 Å². The fourth-order valence-corrected chi connectivity index (χ4v) is 3.86. The summed E-state index contributed by atoms with van der Waals surface area (Å²) in [6, 6.07) is 14.8. The number of methoxy groups -OCH3 is 1. The Labute approximate surface area is 175 Å². The third-order valence-corrected chi connectivity index (χ3v) is 5.51. The monoisotopic (exact) mass is 420 g/mol. The molecule has 0 atom stereocenters. The van der Waals surface area contributed by atoms with Crippen molar-refractivity contribution in [3.05, 3.63) is 88.2 Å². The first-order valence-corrected chi connectivity index (χ1v) is 9.76. The summed E-state index contributed by atoms with van der Waals surface area (Å²) in [5.74, 6) is 0.375. The van der Waals surface area contributed by atoms with E-state index >= 15 is 0 Å². The highest BCUT2D eigenvalue weighted by atomic mass is 32.1. The number of non-ortho nitro benzene ring substituents is 1. The minimum Gasteiger partial charge on any atom is -0.497 e. The maximum Gasteiger partial charge on any atom is 0.269 e. The van der Waals surface area contributed by atoms with Gasteiger partial charge in [0.05, 0.1) is 28.8 Å². The number of nitrogens with zero attached hydrogens (tertiary/aromatic N) is 4. The zero-order valence-corrected chi connectivity index (χ0v) is 16.7. The first-order valence-electron chi connectivity index (χ1n) is 8.95. The highest BCUT2D eigenvalue weighted by Crippen LogP contribution is 2.33. The molecule has 0 N–H and O–H groups in total. The molecule has 2 heterocycles. The van der Waals surface area contributed by atoms with Gasteiger partial charge in [-0.15, -0.1) is 0 Å². The number of carbonyl (C=O) groups excluding carboxylic acids is 1. The number of aromatic nitrogens is 2. The fourth-order valence-electron chi connectivity index (χ4n) is 2.92. The van der Waals surface area contributed by atoms with E-state index in [1.165, 1.54) is 35.6 Å². The maximum atomic E-state index is 13.3. The Kier molecular flexibility index (Phi) is 5.36. The molecular weight excluding hydrogens is 404 g/mol. The molecule has 0 radical (unpaired) electrons. The number of nitro benzene ring substituents is 1. The molecule has 0 saturated heterocycles. The van der Waals surface area contributed by atoms with Crippen molar-refractivity contribution in [3.63, 3.8) is 0 Å². The first kappa shape index (κ1) is 19.5. The van der Waals surface area contributed by atoms with Gasteiger partial charge in [-0.05, 0) is 35.9 Å². The highest BCUT2D eigenvalue weighted by molar-refractivity contribution is 7.22. The lowest BCUT2D eigenvalue weighted by atomic mass is 10.1. The molecule has 4 aromatic rings. The second-order valence-corrected chi connectivity index (χ2v) is 7.40. The molecule has 0 aliphatic rings. The minimum absolute atomic E-state index is 0.0718. The Morgan fingerprint density at radius 2 is 2.00 bits per heavy atom. The van der Waals surface area contributed by atoms with Crippen molar-refractivity contribution in [2.75, 3.05) is 12.0 Å². The molecular formula is C21H16N4O4S. The van der Waals surface area contributed by atoms with Gasteiger partial charge in [-0.2, -0.15) is 0 Å². The SMILES string of the molecule is COc1ccc2sc(N(Cc3cccnc3)C(=O)c3ccc([N+](=O)[O-])cc3)nc2c1. The summed E-state index contributed by atoms with van der Waals surface area (Å²) in [6.07, 6.45) is 3.35. The number of rotatable bonds is 6. The third kappa shape index (κ3) is 3.96. The normalized spacial score (nSPS) is 10.7. The Bertz CT molecular complexity index is 1210. The van der Waals surface area contributed by atoms with E-state index in [2.05, 4.69) is 9.97 Å². The molecule has 0 spiro atoms. The van der Waals surface area contributed by atoms with Gasteiger partial charge in [0.25, 0.3) is 11.6 Å². The van der Waals surface area contributed by atoms with Gasteiger partial charge in [0.15, 0.2) is 5.13 Å². The number of benzene rings is 2. The van der Waals surface area contributed by atoms with Crippen molar-refractivity contribution in [1.82, 2.24) is 9.97 Å². The van der Waals surface area contributed by atoms with Crippen LogP contribution >= 0.6 is 11.3 Å². The van der Waals surface area contributed by atoms with Gasteiger partial charge in [-0.1, -0.05) is 17.4 Å². The van der Waals surface area contributed by atoms with Crippen LogP contribution in [0.5, 0.6) is 5.75 Å². The Hall–Kier alpha value is -3.85. The van der Waals surface area contributed by atoms with E-state index in [4.69, 9.17) is 4.74 Å². The van der Waals surface area contributed by atoms with Crippen molar-refractivity contribution >= 4 is 38.3 Å². The second-order valence-electron chi connectivity index (χ2n) is 6.39. The van der Waals surface area contributed by atoms with E-state index in [-0.39, 0.29) is 18.1 Å². The Morgan fingerprint density at radius 3 is 2.67 bits per heavy atom. The smallest absolute Gasteiger partial charge is 0.269 e. The Morgan fingerprint density at radius 1 is 1.20 bits per heavy atom. The van der Waals surface area contributed by atoms with Crippen molar-refractivity contribution in [3.8, 4) is 5.75 Å². The van der Waals surface area contributed by atoms with Crippen molar-refractivity contribution in [2.24, 2.45) is 0 Å². The summed E-state index contributed by atoms with van der Waals surface area (Å²) in [5.41, 5.74) is 1.82. The molecule has 4 rings (SSSR count). The van der Waals surface area contributed by atoms with Gasteiger partial charge < -0.3 is 4.74 Å². The van der Waals surface area contributed by atoms with Crippen LogP contribution < -0.4 is 9.64 Å². The predicted molar refractivity (Wildman–Crippen MR) is 114 cm³/mol. The van der Waals surface area contributed by atoms with E-state index in [0.29, 0.717) is 16.4 Å². The molecule has 30 heavy (non-hydrogen) atoms. The third-order valence-electron chi connectivity index (χ3n) is 4.45. The number of pyridine rings is 1. The van der Waals surface area contributed by atoms with Crippen LogP contribution in [0.1, 0.15) is 15.9 Å². The largest absolute Gasteiger partial charge is 0.497 e. The summed E-state index contributed by atoms with van der Waals surface area (Å²) in [5, 5.41) is 11.4. The van der Waals surface area contributed by atoms with Crippen LogP contribution in [0.4, 0.5) is 10.8 Å². The number of amides is 1. The van der Waals surface area contributed by atoms with Gasteiger partial charge in [-0.3, -0.25) is 24.8 Å². The van der Waals surface area contributed by atoms with Gasteiger partial charge in [-0.25, -0.2) is 4.98 Å². The van der Waals surface area contributed by atoms with Crippen molar-refractivity contribution in [1.29, 1.82) is 0 Å². The predicted octanol–water partition coefficient (Wildman–Crippen LogP) is 4.46. The van der Waals surface area contributed by atoms with Crippen LogP contribution in [-0.4, -0.2) is 27.9 Å². The van der Waals surface area contributed by atoms with E-state index in [9.17, 15) is 14.9 Å².